The van der Waals surface area contributed by atoms with E-state index in [9.17, 15) is 18.6 Å². The van der Waals surface area contributed by atoms with E-state index in [1.807, 2.05) is 0 Å². The quantitative estimate of drug-likeness (QED) is 0.239. The van der Waals surface area contributed by atoms with E-state index in [1.165, 1.54) is 36.7 Å². The van der Waals surface area contributed by atoms with Crippen LogP contribution in [0.1, 0.15) is 11.1 Å². The fourth-order valence-electron chi connectivity index (χ4n) is 3.19. The highest BCUT2D eigenvalue weighted by Crippen LogP contribution is 2.27. The van der Waals surface area contributed by atoms with Crippen molar-refractivity contribution in [3.8, 4) is 11.5 Å². The molecule has 0 amide bonds. The zero-order chi connectivity index (χ0) is 26.4. The predicted molar refractivity (Wildman–Crippen MR) is 146 cm³/mol. The lowest BCUT2D eigenvalue weighted by Crippen LogP contribution is -2.15. The zero-order valence-electron chi connectivity index (χ0n) is 19.0. The van der Waals surface area contributed by atoms with Crippen LogP contribution in [-0.4, -0.2) is 28.6 Å². The maximum absolute atomic E-state index is 12.7. The molecule has 3 N–H and O–H groups in total. The molecule has 0 atom stereocenters. The SMILES string of the molecule is O=S(=O)(Nc1ncccn1)c1ccc(N(/C=C/c2cc(Cl)ccc2O)/C=C/c2cc(Cl)ccc2O)cc1. The summed E-state index contributed by atoms with van der Waals surface area (Å²) in [6.07, 6.45) is 9.45. The van der Waals surface area contributed by atoms with Crippen LogP contribution < -0.4 is 9.62 Å². The van der Waals surface area contributed by atoms with Gasteiger partial charge in [-0.15, -0.1) is 0 Å². The van der Waals surface area contributed by atoms with Crippen LogP contribution >= 0.6 is 23.2 Å². The number of rotatable bonds is 8. The maximum Gasteiger partial charge on any atom is 0.264 e. The van der Waals surface area contributed by atoms with Gasteiger partial charge in [-0.3, -0.25) is 0 Å². The number of hydrogen-bond donors (Lipinski definition) is 3. The number of nitrogens with one attached hydrogen (secondary N) is 1. The second-order valence-electron chi connectivity index (χ2n) is 7.62. The summed E-state index contributed by atoms with van der Waals surface area (Å²) in [6, 6.07) is 17.0. The topological polar surface area (TPSA) is 116 Å². The van der Waals surface area contributed by atoms with Crippen molar-refractivity contribution in [3.63, 3.8) is 0 Å². The molecule has 0 aliphatic carbocycles. The first kappa shape index (κ1) is 26.0. The minimum atomic E-state index is -3.91. The number of hydrogen-bond acceptors (Lipinski definition) is 7. The van der Waals surface area contributed by atoms with Crippen molar-refractivity contribution in [3.05, 3.63) is 113 Å². The van der Waals surface area contributed by atoms with E-state index in [0.717, 1.165) is 0 Å². The molecular weight excluding hydrogens is 535 g/mol. The summed E-state index contributed by atoms with van der Waals surface area (Å²) in [7, 11) is -3.91. The lowest BCUT2D eigenvalue weighted by molar-refractivity contribution is 0.473. The molecule has 4 aromatic rings. The number of sulfonamides is 1. The Balaban J connectivity index is 1.66. The van der Waals surface area contributed by atoms with Gasteiger partial charge in [0.25, 0.3) is 10.0 Å². The zero-order valence-corrected chi connectivity index (χ0v) is 21.4. The first-order valence-corrected chi connectivity index (χ1v) is 13.0. The third-order valence-corrected chi connectivity index (χ3v) is 6.86. The van der Waals surface area contributed by atoms with E-state index in [1.54, 1.807) is 71.9 Å². The Labute approximate surface area is 223 Å². The van der Waals surface area contributed by atoms with Crippen molar-refractivity contribution in [2.45, 2.75) is 4.90 Å². The van der Waals surface area contributed by atoms with E-state index in [4.69, 9.17) is 23.2 Å². The molecule has 0 saturated heterocycles. The van der Waals surface area contributed by atoms with Crippen molar-refractivity contribution in [2.24, 2.45) is 0 Å². The Morgan fingerprint density at radius 1 is 0.784 bits per heavy atom. The van der Waals surface area contributed by atoms with Gasteiger partial charge in [-0.05, 0) is 78.9 Å². The molecule has 4 rings (SSSR count). The van der Waals surface area contributed by atoms with Crippen LogP contribution in [0.5, 0.6) is 11.5 Å². The number of phenolic OH excluding ortho intramolecular Hbond substituents is 2. The molecule has 0 spiro atoms. The third kappa shape index (κ3) is 6.79. The average molecular weight is 555 g/mol. The molecular formula is C26H20Cl2N4O4S. The molecule has 0 radical (unpaired) electrons. The largest absolute Gasteiger partial charge is 0.507 e. The normalized spacial score (nSPS) is 11.7. The van der Waals surface area contributed by atoms with Crippen molar-refractivity contribution >= 4 is 57.0 Å². The Morgan fingerprint density at radius 2 is 1.30 bits per heavy atom. The first-order valence-electron chi connectivity index (χ1n) is 10.7. The predicted octanol–water partition coefficient (Wildman–Crippen LogP) is 6.14. The number of aromatic nitrogens is 2. The van der Waals surface area contributed by atoms with Crippen molar-refractivity contribution in [1.82, 2.24) is 9.97 Å². The highest BCUT2D eigenvalue weighted by Gasteiger charge is 2.16. The number of aromatic hydroxyl groups is 2. The number of halogens is 2. The monoisotopic (exact) mass is 554 g/mol. The lowest BCUT2D eigenvalue weighted by atomic mass is 10.2. The van der Waals surface area contributed by atoms with Crippen LogP contribution in [-0.2, 0) is 10.0 Å². The van der Waals surface area contributed by atoms with Gasteiger partial charge in [0.2, 0.25) is 5.95 Å². The van der Waals surface area contributed by atoms with Gasteiger partial charge in [-0.1, -0.05) is 23.2 Å². The molecule has 0 aliphatic heterocycles. The second-order valence-corrected chi connectivity index (χ2v) is 10.2. The molecule has 0 bridgehead atoms. The summed E-state index contributed by atoms with van der Waals surface area (Å²) in [6.45, 7) is 0. The standard InChI is InChI=1S/C26H20Cl2N4O4S/c27-20-2-8-24(33)18(16-20)10-14-32(15-11-19-17-21(28)3-9-25(19)34)22-4-6-23(7-5-22)37(35,36)31-26-29-12-1-13-30-26/h1-17,33-34H,(H,29,30,31)/b14-10+,15-11+. The molecule has 188 valence electrons. The van der Waals surface area contributed by atoms with E-state index in [-0.39, 0.29) is 22.3 Å². The number of phenols is 2. The summed E-state index contributed by atoms with van der Waals surface area (Å²) in [5.41, 5.74) is 1.54. The molecule has 1 aromatic heterocycles. The molecule has 0 aliphatic rings. The summed E-state index contributed by atoms with van der Waals surface area (Å²) >= 11 is 12.1. The van der Waals surface area contributed by atoms with Gasteiger partial charge in [-0.25, -0.2) is 23.1 Å². The van der Waals surface area contributed by atoms with Crippen LogP contribution in [0.2, 0.25) is 10.0 Å². The Kier molecular flexibility index (Phi) is 7.98. The molecule has 3 aromatic carbocycles. The highest BCUT2D eigenvalue weighted by molar-refractivity contribution is 7.92. The van der Waals surface area contributed by atoms with E-state index in [2.05, 4.69) is 14.7 Å². The number of nitrogens with zero attached hydrogens (tertiary/aromatic N) is 3. The molecule has 0 fully saturated rings. The fraction of sp³-hybridized carbons (Fsp3) is 0. The van der Waals surface area contributed by atoms with Crippen molar-refractivity contribution in [2.75, 3.05) is 9.62 Å². The summed E-state index contributed by atoms with van der Waals surface area (Å²) in [5.74, 6) is 0.0298. The van der Waals surface area contributed by atoms with Gasteiger partial charge in [0, 0.05) is 51.7 Å². The Hall–Kier alpha value is -4.05. The smallest absolute Gasteiger partial charge is 0.264 e. The average Bonchev–Trinajstić information content (AvgIpc) is 2.88. The minimum Gasteiger partial charge on any atom is -0.507 e. The van der Waals surface area contributed by atoms with Crippen LogP contribution in [0, 0.1) is 0 Å². The summed E-state index contributed by atoms with van der Waals surface area (Å²) < 4.78 is 27.8. The first-order chi connectivity index (χ1) is 17.7. The minimum absolute atomic E-state index is 0.0107. The number of anilines is 2. The Morgan fingerprint density at radius 3 is 1.81 bits per heavy atom. The number of benzene rings is 3. The third-order valence-electron chi connectivity index (χ3n) is 5.05. The summed E-state index contributed by atoms with van der Waals surface area (Å²) in [4.78, 5) is 9.44. The van der Waals surface area contributed by atoms with Gasteiger partial charge >= 0.3 is 0 Å². The van der Waals surface area contributed by atoms with E-state index in [0.29, 0.717) is 26.9 Å². The van der Waals surface area contributed by atoms with Gasteiger partial charge in [0.15, 0.2) is 0 Å². The van der Waals surface area contributed by atoms with Gasteiger partial charge in [0.1, 0.15) is 11.5 Å². The van der Waals surface area contributed by atoms with Crippen molar-refractivity contribution < 1.29 is 18.6 Å². The van der Waals surface area contributed by atoms with Crippen LogP contribution in [0.4, 0.5) is 11.6 Å². The van der Waals surface area contributed by atoms with E-state index < -0.39 is 10.0 Å². The van der Waals surface area contributed by atoms with E-state index >= 15 is 0 Å². The second kappa shape index (κ2) is 11.3. The maximum atomic E-state index is 12.7. The fourth-order valence-corrected chi connectivity index (χ4v) is 4.51. The molecule has 11 heteroatoms. The highest BCUT2D eigenvalue weighted by atomic mass is 35.5. The molecule has 37 heavy (non-hydrogen) atoms. The van der Waals surface area contributed by atoms with Crippen LogP contribution in [0.25, 0.3) is 12.2 Å². The molecule has 8 nitrogen and oxygen atoms in total. The Bertz CT molecular complexity index is 1500. The van der Waals surface area contributed by atoms with Crippen LogP contribution in [0.3, 0.4) is 0 Å². The lowest BCUT2D eigenvalue weighted by Gasteiger charge is -2.17. The van der Waals surface area contributed by atoms with Crippen LogP contribution in [0.15, 0.2) is 96.4 Å². The summed E-state index contributed by atoms with van der Waals surface area (Å²) in [5, 5.41) is 21.2. The molecule has 0 unspecified atom stereocenters. The van der Waals surface area contributed by atoms with Gasteiger partial charge < -0.3 is 15.1 Å². The molecule has 0 saturated carbocycles. The molecule has 1 heterocycles. The van der Waals surface area contributed by atoms with Gasteiger partial charge in [0.05, 0.1) is 4.90 Å². The van der Waals surface area contributed by atoms with Crippen molar-refractivity contribution in [1.29, 1.82) is 0 Å². The van der Waals surface area contributed by atoms with Gasteiger partial charge in [-0.2, -0.15) is 0 Å².